The predicted molar refractivity (Wildman–Crippen MR) is 79.4 cm³/mol. The van der Waals surface area contributed by atoms with Gasteiger partial charge >= 0.3 is 12.0 Å². The van der Waals surface area contributed by atoms with Crippen molar-refractivity contribution >= 4 is 17.7 Å². The molecule has 2 amide bonds. The Morgan fingerprint density at radius 1 is 1.29 bits per heavy atom. The van der Waals surface area contributed by atoms with Gasteiger partial charge in [0.2, 0.25) is 0 Å². The number of para-hydroxylation sites is 1. The molecule has 0 bridgehead atoms. The van der Waals surface area contributed by atoms with Crippen molar-refractivity contribution in [2.75, 3.05) is 18.0 Å². The third-order valence-corrected chi connectivity index (χ3v) is 4.45. The van der Waals surface area contributed by atoms with Gasteiger partial charge in [-0.2, -0.15) is 0 Å². The number of rotatable bonds is 1. The van der Waals surface area contributed by atoms with Gasteiger partial charge in [0.25, 0.3) is 0 Å². The van der Waals surface area contributed by atoms with Crippen LogP contribution in [-0.2, 0) is 11.2 Å². The number of amides is 2. The fraction of sp³-hybridized carbons (Fsp3) is 0.500. The topological polar surface area (TPSA) is 60.9 Å². The van der Waals surface area contributed by atoms with E-state index in [2.05, 4.69) is 6.07 Å². The molecule has 2 atom stereocenters. The molecular weight excluding hydrogens is 268 g/mol. The van der Waals surface area contributed by atoms with Crippen molar-refractivity contribution < 1.29 is 14.7 Å². The number of benzene rings is 1. The van der Waals surface area contributed by atoms with Crippen molar-refractivity contribution in [1.29, 1.82) is 0 Å². The third-order valence-electron chi connectivity index (χ3n) is 4.45. The van der Waals surface area contributed by atoms with E-state index in [1.807, 2.05) is 30.0 Å². The zero-order valence-corrected chi connectivity index (χ0v) is 12.2. The van der Waals surface area contributed by atoms with E-state index in [0.29, 0.717) is 19.5 Å². The molecule has 0 saturated carbocycles. The average molecular weight is 288 g/mol. The molecule has 1 N–H and O–H groups in total. The number of piperidine rings is 1. The van der Waals surface area contributed by atoms with Gasteiger partial charge < -0.3 is 10.0 Å². The number of aliphatic carboxylic acids is 1. The maximum atomic E-state index is 12.8. The van der Waals surface area contributed by atoms with Crippen molar-refractivity contribution in [3.8, 4) is 0 Å². The molecule has 21 heavy (non-hydrogen) atoms. The normalized spacial score (nSPS) is 24.8. The summed E-state index contributed by atoms with van der Waals surface area (Å²) in [6.07, 6.45) is 2.27. The zero-order valence-electron chi connectivity index (χ0n) is 12.2. The molecule has 1 fully saturated rings. The van der Waals surface area contributed by atoms with E-state index in [-0.39, 0.29) is 12.1 Å². The van der Waals surface area contributed by atoms with E-state index < -0.39 is 11.9 Å². The Balaban J connectivity index is 1.80. The van der Waals surface area contributed by atoms with Crippen LogP contribution in [0.15, 0.2) is 24.3 Å². The van der Waals surface area contributed by atoms with Crippen molar-refractivity contribution in [3.63, 3.8) is 0 Å². The summed E-state index contributed by atoms with van der Waals surface area (Å²) in [7, 11) is 0. The van der Waals surface area contributed by atoms with Gasteiger partial charge in [0.15, 0.2) is 0 Å². The Labute approximate surface area is 124 Å². The second kappa shape index (κ2) is 5.39. The summed E-state index contributed by atoms with van der Waals surface area (Å²) in [6.45, 7) is 3.00. The van der Waals surface area contributed by atoms with Crippen molar-refractivity contribution in [1.82, 2.24) is 4.90 Å². The molecule has 1 aromatic rings. The van der Waals surface area contributed by atoms with Crippen molar-refractivity contribution in [3.05, 3.63) is 29.8 Å². The van der Waals surface area contributed by atoms with Crippen LogP contribution in [0.1, 0.15) is 25.3 Å². The fourth-order valence-corrected chi connectivity index (χ4v) is 3.36. The van der Waals surface area contributed by atoms with Gasteiger partial charge in [0, 0.05) is 24.8 Å². The van der Waals surface area contributed by atoms with Crippen LogP contribution in [0.4, 0.5) is 10.5 Å². The van der Waals surface area contributed by atoms with Gasteiger partial charge in [0.1, 0.15) is 0 Å². The molecule has 1 unspecified atom stereocenters. The number of urea groups is 1. The molecule has 2 heterocycles. The first kappa shape index (κ1) is 13.9. The van der Waals surface area contributed by atoms with Crippen LogP contribution in [0, 0.1) is 5.92 Å². The maximum absolute atomic E-state index is 12.8. The van der Waals surface area contributed by atoms with Crippen molar-refractivity contribution in [2.24, 2.45) is 5.92 Å². The first-order chi connectivity index (χ1) is 10.1. The molecule has 2 aliphatic heterocycles. The lowest BCUT2D eigenvalue weighted by Crippen LogP contribution is -2.50. The van der Waals surface area contributed by atoms with Gasteiger partial charge in [-0.25, -0.2) is 4.79 Å². The minimum Gasteiger partial charge on any atom is -0.481 e. The largest absolute Gasteiger partial charge is 0.481 e. The van der Waals surface area contributed by atoms with Crippen molar-refractivity contribution in [2.45, 2.75) is 32.2 Å². The van der Waals surface area contributed by atoms with Crippen LogP contribution in [0.25, 0.3) is 0 Å². The van der Waals surface area contributed by atoms with Crippen LogP contribution in [-0.4, -0.2) is 41.1 Å². The molecule has 0 radical (unpaired) electrons. The molecule has 112 valence electrons. The molecule has 5 nitrogen and oxygen atoms in total. The first-order valence-corrected chi connectivity index (χ1v) is 7.47. The summed E-state index contributed by atoms with van der Waals surface area (Å²) in [6, 6.07) is 8.01. The van der Waals surface area contributed by atoms with Gasteiger partial charge in [-0.3, -0.25) is 9.69 Å². The second-order valence-corrected chi connectivity index (χ2v) is 5.96. The zero-order chi connectivity index (χ0) is 15.0. The number of nitrogens with zero attached hydrogens (tertiary/aromatic N) is 2. The number of carbonyl (C=O) groups excluding carboxylic acids is 1. The van der Waals surface area contributed by atoms with E-state index in [0.717, 1.165) is 18.5 Å². The predicted octanol–water partition coefficient (Wildman–Crippen LogP) is 2.35. The lowest BCUT2D eigenvalue weighted by Gasteiger charge is -2.35. The molecule has 1 saturated heterocycles. The molecule has 1 aromatic carbocycles. The second-order valence-electron chi connectivity index (χ2n) is 5.96. The molecule has 0 aliphatic carbocycles. The number of hydrogen-bond donors (Lipinski definition) is 1. The minimum absolute atomic E-state index is 0.0570. The lowest BCUT2D eigenvalue weighted by molar-refractivity contribution is -0.143. The van der Waals surface area contributed by atoms with Crippen LogP contribution >= 0.6 is 0 Å². The van der Waals surface area contributed by atoms with E-state index in [4.69, 9.17) is 5.11 Å². The average Bonchev–Trinajstić information content (AvgIpc) is 2.82. The molecule has 3 rings (SSSR count). The van der Waals surface area contributed by atoms with Crippen LogP contribution in [0.3, 0.4) is 0 Å². The minimum atomic E-state index is -0.803. The SMILES string of the molecule is CC1Cc2ccccc2N1C(=O)N1CCC[C@H](C(=O)O)C1. The van der Waals surface area contributed by atoms with E-state index in [9.17, 15) is 9.59 Å². The Kier molecular flexibility index (Phi) is 3.57. The number of carbonyl (C=O) groups is 2. The summed E-state index contributed by atoms with van der Waals surface area (Å²) in [4.78, 5) is 27.5. The number of carboxylic acids is 1. The smallest absolute Gasteiger partial charge is 0.324 e. The van der Waals surface area contributed by atoms with Gasteiger partial charge in [0.05, 0.1) is 5.92 Å². The summed E-state index contributed by atoms with van der Waals surface area (Å²) in [5.41, 5.74) is 2.15. The van der Waals surface area contributed by atoms with Crippen LogP contribution in [0.2, 0.25) is 0 Å². The lowest BCUT2D eigenvalue weighted by atomic mass is 9.98. The molecule has 2 aliphatic rings. The monoisotopic (exact) mass is 288 g/mol. The summed E-state index contributed by atoms with van der Waals surface area (Å²) < 4.78 is 0. The van der Waals surface area contributed by atoms with E-state index in [1.54, 1.807) is 4.90 Å². The van der Waals surface area contributed by atoms with Crippen LogP contribution < -0.4 is 4.90 Å². The number of carboxylic acid groups (broad SMARTS) is 1. The van der Waals surface area contributed by atoms with E-state index in [1.165, 1.54) is 5.56 Å². The number of fused-ring (bicyclic) bond motifs is 1. The highest BCUT2D eigenvalue weighted by Gasteiger charge is 2.36. The Morgan fingerprint density at radius 2 is 2.05 bits per heavy atom. The number of anilines is 1. The molecule has 5 heteroatoms. The fourth-order valence-electron chi connectivity index (χ4n) is 3.36. The number of likely N-dealkylation sites (tertiary alicyclic amines) is 1. The first-order valence-electron chi connectivity index (χ1n) is 7.47. The molecule has 0 spiro atoms. The summed E-state index contributed by atoms with van der Waals surface area (Å²) >= 11 is 0. The third kappa shape index (κ3) is 2.48. The maximum Gasteiger partial charge on any atom is 0.324 e. The standard InChI is InChI=1S/C16H20N2O3/c1-11-9-12-5-2-3-7-14(12)18(11)16(21)17-8-4-6-13(10-17)15(19)20/h2-3,5,7,11,13H,4,6,8-10H2,1H3,(H,19,20)/t11?,13-/m0/s1. The van der Waals surface area contributed by atoms with Crippen LogP contribution in [0.5, 0.6) is 0 Å². The molecular formula is C16H20N2O3. The van der Waals surface area contributed by atoms with Gasteiger partial charge in [-0.1, -0.05) is 18.2 Å². The quantitative estimate of drug-likeness (QED) is 0.863. The van der Waals surface area contributed by atoms with Gasteiger partial charge in [-0.15, -0.1) is 0 Å². The Bertz CT molecular complexity index is 572. The highest BCUT2D eigenvalue weighted by atomic mass is 16.4. The molecule has 0 aromatic heterocycles. The number of hydrogen-bond acceptors (Lipinski definition) is 2. The summed E-state index contributed by atoms with van der Waals surface area (Å²) in [5.74, 6) is -1.24. The van der Waals surface area contributed by atoms with E-state index >= 15 is 0 Å². The Morgan fingerprint density at radius 3 is 2.81 bits per heavy atom. The Hall–Kier alpha value is -2.04. The van der Waals surface area contributed by atoms with Gasteiger partial charge in [-0.05, 0) is 37.8 Å². The highest BCUT2D eigenvalue weighted by molar-refractivity contribution is 5.95. The highest BCUT2D eigenvalue weighted by Crippen LogP contribution is 2.33. The summed E-state index contributed by atoms with van der Waals surface area (Å²) in [5, 5.41) is 9.16.